The summed E-state index contributed by atoms with van der Waals surface area (Å²) in [5.41, 5.74) is 7.74. The van der Waals surface area contributed by atoms with Crippen LogP contribution in [0.5, 0.6) is 0 Å². The Morgan fingerprint density at radius 2 is 2.33 bits per heavy atom. The number of aliphatic hydroxyl groups excluding tert-OH is 1. The molecule has 5 heteroatoms. The molecule has 18 heavy (non-hydrogen) atoms. The highest BCUT2D eigenvalue weighted by Crippen LogP contribution is 2.30. The molecule has 2 atom stereocenters. The SMILES string of the molecule is CC(O)C1CCN(c2ccc(Br)cc2C(N)=S)C1. The zero-order chi connectivity index (χ0) is 13.3. The zero-order valence-electron chi connectivity index (χ0n) is 10.3. The van der Waals surface area contributed by atoms with Crippen LogP contribution in [0.2, 0.25) is 0 Å². The number of benzene rings is 1. The minimum absolute atomic E-state index is 0.265. The van der Waals surface area contributed by atoms with Crippen molar-refractivity contribution in [3.63, 3.8) is 0 Å². The maximum atomic E-state index is 9.65. The lowest BCUT2D eigenvalue weighted by atomic mass is 10.0. The minimum atomic E-state index is -0.265. The summed E-state index contributed by atoms with van der Waals surface area (Å²) in [4.78, 5) is 2.66. The Hall–Kier alpha value is -0.650. The van der Waals surface area contributed by atoms with E-state index in [1.165, 1.54) is 0 Å². The average Bonchev–Trinajstić information content (AvgIpc) is 2.78. The average molecular weight is 329 g/mol. The Morgan fingerprint density at radius 1 is 1.61 bits per heavy atom. The lowest BCUT2D eigenvalue weighted by Crippen LogP contribution is -2.26. The number of nitrogens with zero attached hydrogens (tertiary/aromatic N) is 1. The van der Waals surface area contributed by atoms with E-state index < -0.39 is 0 Å². The number of nitrogens with two attached hydrogens (primary N) is 1. The molecule has 0 saturated carbocycles. The van der Waals surface area contributed by atoms with Gasteiger partial charge in [-0.15, -0.1) is 0 Å². The lowest BCUT2D eigenvalue weighted by Gasteiger charge is -2.22. The Labute approximate surface area is 121 Å². The van der Waals surface area contributed by atoms with Crippen LogP contribution in [0.25, 0.3) is 0 Å². The maximum Gasteiger partial charge on any atom is 0.106 e. The van der Waals surface area contributed by atoms with E-state index in [-0.39, 0.29) is 6.10 Å². The minimum Gasteiger partial charge on any atom is -0.393 e. The molecule has 1 aliphatic heterocycles. The van der Waals surface area contributed by atoms with Gasteiger partial charge in [0.25, 0.3) is 0 Å². The number of rotatable bonds is 3. The Balaban J connectivity index is 2.27. The van der Waals surface area contributed by atoms with Crippen LogP contribution >= 0.6 is 28.1 Å². The van der Waals surface area contributed by atoms with Gasteiger partial charge in [0.1, 0.15) is 4.99 Å². The molecule has 1 heterocycles. The van der Waals surface area contributed by atoms with Crippen molar-refractivity contribution >= 4 is 38.8 Å². The fourth-order valence-corrected chi connectivity index (χ4v) is 2.91. The van der Waals surface area contributed by atoms with Gasteiger partial charge in [-0.25, -0.2) is 0 Å². The van der Waals surface area contributed by atoms with E-state index in [9.17, 15) is 5.11 Å². The predicted molar refractivity (Wildman–Crippen MR) is 82.0 cm³/mol. The molecule has 1 aromatic rings. The van der Waals surface area contributed by atoms with Crippen molar-refractivity contribution in [2.75, 3.05) is 18.0 Å². The summed E-state index contributed by atoms with van der Waals surface area (Å²) in [7, 11) is 0. The van der Waals surface area contributed by atoms with E-state index in [1.807, 2.05) is 25.1 Å². The summed E-state index contributed by atoms with van der Waals surface area (Å²) in [5, 5.41) is 9.65. The smallest absolute Gasteiger partial charge is 0.106 e. The Morgan fingerprint density at radius 3 is 2.89 bits per heavy atom. The van der Waals surface area contributed by atoms with Crippen LogP contribution < -0.4 is 10.6 Å². The molecule has 0 aromatic heterocycles. The third kappa shape index (κ3) is 2.84. The number of hydrogen-bond donors (Lipinski definition) is 2. The van der Waals surface area contributed by atoms with Gasteiger partial charge in [0, 0.05) is 34.7 Å². The predicted octanol–water partition coefficient (Wildman–Crippen LogP) is 2.29. The van der Waals surface area contributed by atoms with Crippen LogP contribution in [0, 0.1) is 5.92 Å². The molecular weight excluding hydrogens is 312 g/mol. The van der Waals surface area contributed by atoms with Gasteiger partial charge in [0.2, 0.25) is 0 Å². The third-order valence-corrected chi connectivity index (χ3v) is 4.18. The summed E-state index contributed by atoms with van der Waals surface area (Å²) in [6.45, 7) is 3.64. The van der Waals surface area contributed by atoms with Gasteiger partial charge >= 0.3 is 0 Å². The highest BCUT2D eigenvalue weighted by molar-refractivity contribution is 9.10. The van der Waals surface area contributed by atoms with Crippen molar-refractivity contribution in [3.8, 4) is 0 Å². The van der Waals surface area contributed by atoms with Crippen molar-refractivity contribution in [2.24, 2.45) is 11.7 Å². The molecule has 2 unspecified atom stereocenters. The zero-order valence-corrected chi connectivity index (χ0v) is 12.7. The first-order valence-electron chi connectivity index (χ1n) is 6.01. The first-order chi connectivity index (χ1) is 8.49. The molecule has 1 saturated heterocycles. The van der Waals surface area contributed by atoms with Crippen LogP contribution in [0.4, 0.5) is 5.69 Å². The van der Waals surface area contributed by atoms with E-state index in [1.54, 1.807) is 0 Å². The standard InChI is InChI=1S/C13H17BrN2OS/c1-8(17)9-4-5-16(7-9)12-3-2-10(14)6-11(12)13(15)18/h2-3,6,8-9,17H,4-5,7H2,1H3,(H2,15,18). The Bertz CT molecular complexity index is 464. The normalized spacial score (nSPS) is 21.1. The molecule has 1 aromatic carbocycles. The molecule has 1 aliphatic rings. The molecule has 0 amide bonds. The highest BCUT2D eigenvalue weighted by atomic mass is 79.9. The summed E-state index contributed by atoms with van der Waals surface area (Å²) in [6.07, 6.45) is 0.739. The quantitative estimate of drug-likeness (QED) is 0.836. The van der Waals surface area contributed by atoms with Gasteiger partial charge in [0.05, 0.1) is 6.10 Å². The molecule has 0 spiro atoms. The number of anilines is 1. The van der Waals surface area contributed by atoms with Crippen LogP contribution in [-0.2, 0) is 0 Å². The molecule has 0 aliphatic carbocycles. The van der Waals surface area contributed by atoms with Crippen molar-refractivity contribution < 1.29 is 5.11 Å². The number of thiocarbonyl (C=S) groups is 1. The van der Waals surface area contributed by atoms with Gasteiger partial charge in [-0.3, -0.25) is 0 Å². The molecule has 3 nitrogen and oxygen atoms in total. The lowest BCUT2D eigenvalue weighted by molar-refractivity contribution is 0.136. The van der Waals surface area contributed by atoms with Crippen molar-refractivity contribution in [1.29, 1.82) is 0 Å². The van der Waals surface area contributed by atoms with E-state index >= 15 is 0 Å². The number of hydrogen-bond acceptors (Lipinski definition) is 3. The van der Waals surface area contributed by atoms with Crippen LogP contribution in [0.3, 0.4) is 0 Å². The maximum absolute atomic E-state index is 9.65. The molecular formula is C13H17BrN2OS. The largest absolute Gasteiger partial charge is 0.393 e. The fraction of sp³-hybridized carbons (Fsp3) is 0.462. The summed E-state index contributed by atoms with van der Waals surface area (Å²) in [5.74, 6) is 0.327. The Kier molecular flexibility index (Phi) is 4.25. The molecule has 1 fully saturated rings. The van der Waals surface area contributed by atoms with E-state index in [4.69, 9.17) is 18.0 Å². The summed E-state index contributed by atoms with van der Waals surface area (Å²) < 4.78 is 0.973. The van der Waals surface area contributed by atoms with E-state index in [0.29, 0.717) is 10.9 Å². The highest BCUT2D eigenvalue weighted by Gasteiger charge is 2.27. The van der Waals surface area contributed by atoms with Crippen LogP contribution in [0.15, 0.2) is 22.7 Å². The van der Waals surface area contributed by atoms with Gasteiger partial charge in [-0.05, 0) is 31.5 Å². The number of aliphatic hydroxyl groups is 1. The molecule has 0 radical (unpaired) electrons. The summed E-state index contributed by atoms with van der Waals surface area (Å²) >= 11 is 8.54. The third-order valence-electron chi connectivity index (χ3n) is 3.47. The molecule has 3 N–H and O–H groups in total. The van der Waals surface area contributed by atoms with Crippen LogP contribution in [0.1, 0.15) is 18.9 Å². The van der Waals surface area contributed by atoms with Gasteiger partial charge in [-0.1, -0.05) is 28.1 Å². The fourth-order valence-electron chi connectivity index (χ4n) is 2.38. The van der Waals surface area contributed by atoms with Crippen LogP contribution in [-0.4, -0.2) is 29.3 Å². The monoisotopic (exact) mass is 328 g/mol. The molecule has 98 valence electrons. The van der Waals surface area contributed by atoms with Gasteiger partial charge in [-0.2, -0.15) is 0 Å². The molecule has 0 bridgehead atoms. The first kappa shape index (κ1) is 13.8. The topological polar surface area (TPSA) is 49.5 Å². The van der Waals surface area contributed by atoms with Crippen molar-refractivity contribution in [1.82, 2.24) is 0 Å². The molecule has 2 rings (SSSR count). The first-order valence-corrected chi connectivity index (χ1v) is 7.21. The van der Waals surface area contributed by atoms with Crippen molar-refractivity contribution in [3.05, 3.63) is 28.2 Å². The van der Waals surface area contributed by atoms with E-state index in [2.05, 4.69) is 20.8 Å². The van der Waals surface area contributed by atoms with E-state index in [0.717, 1.165) is 35.2 Å². The second-order valence-corrected chi connectivity index (χ2v) is 6.12. The number of halogens is 1. The van der Waals surface area contributed by atoms with Gasteiger partial charge in [0.15, 0.2) is 0 Å². The summed E-state index contributed by atoms with van der Waals surface area (Å²) in [6, 6.07) is 5.98. The second kappa shape index (κ2) is 5.55. The van der Waals surface area contributed by atoms with Gasteiger partial charge < -0.3 is 15.7 Å². The second-order valence-electron chi connectivity index (χ2n) is 4.76. The van der Waals surface area contributed by atoms with Crippen molar-refractivity contribution in [2.45, 2.75) is 19.4 Å².